The van der Waals surface area contributed by atoms with Crippen LogP contribution in [0.3, 0.4) is 0 Å². The van der Waals surface area contributed by atoms with Gasteiger partial charge < -0.3 is 5.11 Å². The molecule has 0 atom stereocenters. The van der Waals surface area contributed by atoms with Crippen LogP contribution in [0, 0.1) is 11.3 Å². The second-order valence-corrected chi connectivity index (χ2v) is 3.69. The van der Waals surface area contributed by atoms with Crippen LogP contribution >= 0.6 is 11.3 Å². The summed E-state index contributed by atoms with van der Waals surface area (Å²) in [5, 5.41) is 25.5. The van der Waals surface area contributed by atoms with Crippen molar-refractivity contribution >= 4 is 17.3 Å². The summed E-state index contributed by atoms with van der Waals surface area (Å²) in [6.45, 7) is 0. The van der Waals surface area contributed by atoms with E-state index in [4.69, 9.17) is 10.4 Å². The molecular formula is C9H5N3O2S. The van der Waals surface area contributed by atoms with Gasteiger partial charge in [-0.05, 0) is 6.07 Å². The van der Waals surface area contributed by atoms with Crippen molar-refractivity contribution in [2.24, 2.45) is 0 Å². The highest BCUT2D eigenvalue weighted by atomic mass is 32.1. The molecule has 0 bridgehead atoms. The summed E-state index contributed by atoms with van der Waals surface area (Å²) in [5.74, 6) is -1.04. The van der Waals surface area contributed by atoms with Crippen LogP contribution in [-0.2, 0) is 0 Å². The maximum Gasteiger partial charge on any atom is 0.339 e. The van der Waals surface area contributed by atoms with Crippen molar-refractivity contribution < 1.29 is 9.90 Å². The Balaban J connectivity index is 2.50. The predicted octanol–water partition coefficient (Wildman–Crippen LogP) is 1.71. The van der Waals surface area contributed by atoms with Crippen LogP contribution in [0.15, 0.2) is 17.6 Å². The van der Waals surface area contributed by atoms with Crippen LogP contribution in [0.2, 0.25) is 0 Å². The molecule has 2 heterocycles. The van der Waals surface area contributed by atoms with Crippen molar-refractivity contribution in [2.75, 3.05) is 0 Å². The van der Waals surface area contributed by atoms with E-state index in [1.165, 1.54) is 17.5 Å². The Bertz CT molecular complexity index is 550. The van der Waals surface area contributed by atoms with Crippen LogP contribution < -0.4 is 0 Å². The first-order valence-electron chi connectivity index (χ1n) is 3.98. The van der Waals surface area contributed by atoms with E-state index >= 15 is 0 Å². The van der Waals surface area contributed by atoms with Gasteiger partial charge in [0.1, 0.15) is 11.6 Å². The zero-order valence-corrected chi connectivity index (χ0v) is 8.21. The molecule has 6 heteroatoms. The average Bonchev–Trinajstić information content (AvgIpc) is 2.85. The van der Waals surface area contributed by atoms with Gasteiger partial charge in [-0.3, -0.25) is 5.10 Å². The summed E-state index contributed by atoms with van der Waals surface area (Å²) >= 11 is 1.31. The summed E-state index contributed by atoms with van der Waals surface area (Å²) in [4.78, 5) is 11.5. The molecule has 2 rings (SSSR count). The quantitative estimate of drug-likeness (QED) is 0.804. The number of aromatic amines is 1. The number of nitrogens with zero attached hydrogens (tertiary/aromatic N) is 2. The molecule has 2 aromatic rings. The number of carboxylic acids is 1. The number of nitrogens with one attached hydrogen (secondary N) is 1. The molecule has 5 nitrogen and oxygen atoms in total. The molecule has 0 aromatic carbocycles. The van der Waals surface area contributed by atoms with Crippen molar-refractivity contribution in [3.8, 4) is 16.6 Å². The van der Waals surface area contributed by atoms with Crippen LogP contribution in [0.1, 0.15) is 15.9 Å². The fourth-order valence-electron chi connectivity index (χ4n) is 1.16. The van der Waals surface area contributed by atoms with E-state index in [0.717, 1.165) is 0 Å². The number of hydrogen-bond acceptors (Lipinski definition) is 4. The number of hydrogen-bond donors (Lipinski definition) is 2. The van der Waals surface area contributed by atoms with E-state index in [0.29, 0.717) is 16.1 Å². The van der Waals surface area contributed by atoms with Crippen LogP contribution in [0.25, 0.3) is 10.6 Å². The van der Waals surface area contributed by atoms with Crippen molar-refractivity contribution in [1.29, 1.82) is 5.26 Å². The highest BCUT2D eigenvalue weighted by Crippen LogP contribution is 2.27. The third-order valence-corrected chi connectivity index (χ3v) is 2.79. The lowest BCUT2D eigenvalue weighted by Crippen LogP contribution is -1.95. The van der Waals surface area contributed by atoms with Gasteiger partial charge in [-0.25, -0.2) is 4.79 Å². The minimum absolute atomic E-state index is 0.112. The largest absolute Gasteiger partial charge is 0.478 e. The molecule has 0 spiro atoms. The number of carbonyl (C=O) groups is 1. The van der Waals surface area contributed by atoms with E-state index in [1.807, 2.05) is 6.07 Å². The third-order valence-electron chi connectivity index (χ3n) is 1.84. The standard InChI is InChI=1S/C9H5N3O2S/c10-2-5-1-7(15-4-5)8-6(9(13)14)3-11-12-8/h1,3-4H,(H,11,12)(H,13,14). The number of carboxylic acid groups (broad SMARTS) is 1. The van der Waals surface area contributed by atoms with Gasteiger partial charge >= 0.3 is 5.97 Å². The van der Waals surface area contributed by atoms with Crippen molar-refractivity contribution in [2.45, 2.75) is 0 Å². The zero-order valence-electron chi connectivity index (χ0n) is 7.39. The maximum atomic E-state index is 10.8. The Kier molecular flexibility index (Phi) is 2.23. The summed E-state index contributed by atoms with van der Waals surface area (Å²) in [7, 11) is 0. The molecule has 0 aliphatic rings. The molecule has 2 aromatic heterocycles. The molecule has 0 saturated heterocycles. The first-order chi connectivity index (χ1) is 7.22. The van der Waals surface area contributed by atoms with Crippen molar-refractivity contribution in [3.05, 3.63) is 28.8 Å². The lowest BCUT2D eigenvalue weighted by molar-refractivity contribution is 0.0698. The van der Waals surface area contributed by atoms with Gasteiger partial charge in [0, 0.05) is 5.38 Å². The van der Waals surface area contributed by atoms with Gasteiger partial charge in [-0.2, -0.15) is 10.4 Å². The smallest absolute Gasteiger partial charge is 0.339 e. The molecular weight excluding hydrogens is 214 g/mol. The van der Waals surface area contributed by atoms with Crippen molar-refractivity contribution in [1.82, 2.24) is 10.2 Å². The number of nitriles is 1. The molecule has 2 N–H and O–H groups in total. The van der Waals surface area contributed by atoms with Gasteiger partial charge in [0.2, 0.25) is 0 Å². The minimum Gasteiger partial charge on any atom is -0.478 e. The van der Waals surface area contributed by atoms with E-state index in [-0.39, 0.29) is 5.56 Å². The van der Waals surface area contributed by atoms with Crippen LogP contribution in [0.5, 0.6) is 0 Å². The molecule has 0 fully saturated rings. The van der Waals surface area contributed by atoms with Gasteiger partial charge in [0.25, 0.3) is 0 Å². The molecule has 0 aliphatic heterocycles. The van der Waals surface area contributed by atoms with E-state index in [9.17, 15) is 4.79 Å². The molecule has 15 heavy (non-hydrogen) atoms. The van der Waals surface area contributed by atoms with E-state index in [1.54, 1.807) is 11.4 Å². The first-order valence-corrected chi connectivity index (χ1v) is 4.86. The molecule has 0 aliphatic carbocycles. The monoisotopic (exact) mass is 219 g/mol. The Hall–Kier alpha value is -2.13. The van der Waals surface area contributed by atoms with Gasteiger partial charge in [0.05, 0.1) is 22.3 Å². The predicted molar refractivity (Wildman–Crippen MR) is 53.6 cm³/mol. The maximum absolute atomic E-state index is 10.8. The number of H-pyrrole nitrogens is 1. The Morgan fingerprint density at radius 3 is 3.07 bits per heavy atom. The minimum atomic E-state index is -1.04. The number of rotatable bonds is 2. The highest BCUT2D eigenvalue weighted by Gasteiger charge is 2.15. The average molecular weight is 219 g/mol. The second kappa shape index (κ2) is 3.55. The molecule has 0 radical (unpaired) electrons. The Morgan fingerprint density at radius 2 is 2.47 bits per heavy atom. The molecule has 0 saturated carbocycles. The molecule has 0 amide bonds. The number of thiophene rings is 1. The molecule has 0 unspecified atom stereocenters. The Labute approximate surface area is 88.6 Å². The fraction of sp³-hybridized carbons (Fsp3) is 0. The van der Waals surface area contributed by atoms with E-state index in [2.05, 4.69) is 10.2 Å². The normalized spacial score (nSPS) is 9.80. The van der Waals surface area contributed by atoms with Gasteiger partial charge in [-0.15, -0.1) is 11.3 Å². The van der Waals surface area contributed by atoms with Gasteiger partial charge in [-0.1, -0.05) is 0 Å². The van der Waals surface area contributed by atoms with Gasteiger partial charge in [0.15, 0.2) is 0 Å². The summed E-state index contributed by atoms with van der Waals surface area (Å²) in [5.41, 5.74) is 1.07. The van der Waals surface area contributed by atoms with Crippen LogP contribution in [-0.4, -0.2) is 21.3 Å². The fourth-order valence-corrected chi connectivity index (χ4v) is 2.01. The van der Waals surface area contributed by atoms with Crippen molar-refractivity contribution in [3.63, 3.8) is 0 Å². The lowest BCUT2D eigenvalue weighted by atomic mass is 10.2. The molecule has 74 valence electrons. The topological polar surface area (TPSA) is 89.8 Å². The Morgan fingerprint density at radius 1 is 1.67 bits per heavy atom. The van der Waals surface area contributed by atoms with E-state index < -0.39 is 5.97 Å². The summed E-state index contributed by atoms with van der Waals surface area (Å²) in [6.07, 6.45) is 1.25. The SMILES string of the molecule is N#Cc1csc(-c2[nH]ncc2C(=O)O)c1. The first kappa shape index (κ1) is 9.43. The summed E-state index contributed by atoms with van der Waals surface area (Å²) in [6, 6.07) is 3.62. The highest BCUT2D eigenvalue weighted by molar-refractivity contribution is 7.13. The van der Waals surface area contributed by atoms with Crippen LogP contribution in [0.4, 0.5) is 0 Å². The lowest BCUT2D eigenvalue weighted by Gasteiger charge is -1.93. The third kappa shape index (κ3) is 1.60. The zero-order chi connectivity index (χ0) is 10.8. The second-order valence-electron chi connectivity index (χ2n) is 2.78. The number of aromatic nitrogens is 2. The number of aromatic carboxylic acids is 1. The summed E-state index contributed by atoms with van der Waals surface area (Å²) < 4.78 is 0.